The average Bonchev–Trinajstić information content (AvgIpc) is 3.23. The molecule has 4 amide bonds. The second-order valence-corrected chi connectivity index (χ2v) is 14.1. The van der Waals surface area contributed by atoms with Gasteiger partial charge in [0.2, 0.25) is 32.7 Å². The Kier molecular flexibility index (Phi) is 11.0. The van der Waals surface area contributed by atoms with Crippen molar-refractivity contribution in [2.75, 3.05) is 12.8 Å². The van der Waals surface area contributed by atoms with Crippen molar-refractivity contribution in [3.8, 4) is 12.3 Å². The van der Waals surface area contributed by atoms with Crippen molar-refractivity contribution < 1.29 is 49.5 Å². The topological polar surface area (TPSA) is 142 Å². The molecule has 242 valence electrons. The van der Waals surface area contributed by atoms with Crippen molar-refractivity contribution in [2.24, 2.45) is 11.3 Å². The zero-order valence-electron chi connectivity index (χ0n) is 24.5. The summed E-state index contributed by atoms with van der Waals surface area (Å²) in [6.45, 7) is 4.85. The van der Waals surface area contributed by atoms with Crippen LogP contribution in [0.2, 0.25) is 0 Å². The molecule has 2 aliphatic heterocycles. The van der Waals surface area contributed by atoms with Crippen molar-refractivity contribution in [3.05, 3.63) is 11.2 Å². The van der Waals surface area contributed by atoms with Crippen LogP contribution in [0.15, 0.2) is 11.2 Å². The van der Waals surface area contributed by atoms with E-state index in [9.17, 15) is 49.5 Å². The Morgan fingerprint density at radius 2 is 1.79 bits per heavy atom. The molecule has 2 saturated heterocycles. The van der Waals surface area contributed by atoms with Gasteiger partial charge in [-0.3, -0.25) is 19.2 Å². The minimum absolute atomic E-state index is 0.268. The van der Waals surface area contributed by atoms with Crippen LogP contribution in [-0.2, 0) is 29.0 Å². The number of hydrogen-bond acceptors (Lipinski definition) is 6. The van der Waals surface area contributed by atoms with Gasteiger partial charge in [0.15, 0.2) is 0 Å². The Bertz CT molecular complexity index is 1290. The molecule has 2 fully saturated rings. The fourth-order valence-electron chi connectivity index (χ4n) is 4.98. The molecule has 0 aromatic heterocycles. The number of sulfone groups is 1. The van der Waals surface area contributed by atoms with Gasteiger partial charge in [-0.15, -0.1) is 12.3 Å². The van der Waals surface area contributed by atoms with Crippen LogP contribution in [0.1, 0.15) is 59.8 Å². The Morgan fingerprint density at radius 1 is 1.19 bits per heavy atom. The first kappa shape index (κ1) is 36.0. The monoisotopic (exact) mass is 640 g/mol. The number of nitrogens with one attached hydrogen (secondary N) is 3. The minimum Gasteiger partial charge on any atom is -0.356 e. The third-order valence-electron chi connectivity index (χ3n) is 7.17. The molecule has 0 spiro atoms. The van der Waals surface area contributed by atoms with E-state index in [1.165, 1.54) is 20.8 Å². The highest BCUT2D eigenvalue weighted by molar-refractivity contribution is 7.94. The van der Waals surface area contributed by atoms with Gasteiger partial charge in [-0.25, -0.2) is 17.2 Å². The van der Waals surface area contributed by atoms with Gasteiger partial charge >= 0.3 is 5.92 Å². The number of rotatable bonds is 10. The number of piperidine rings is 1. The first-order valence-corrected chi connectivity index (χ1v) is 15.3. The lowest BCUT2D eigenvalue weighted by Crippen LogP contribution is -2.66. The summed E-state index contributed by atoms with van der Waals surface area (Å²) in [5.41, 5.74) is -1.25. The van der Waals surface area contributed by atoms with E-state index in [0.29, 0.717) is 19.3 Å². The first-order valence-electron chi connectivity index (χ1n) is 13.5. The molecular formula is C27H37F5N4O6S. The smallest absolute Gasteiger partial charge is 0.321 e. The molecular weight excluding hydrogens is 603 g/mol. The molecule has 2 aliphatic rings. The minimum atomic E-state index is -4.38. The molecule has 43 heavy (non-hydrogen) atoms. The number of terminal acetylenes is 1. The number of halogens is 5. The Labute approximate surface area is 247 Å². The zero-order valence-corrected chi connectivity index (χ0v) is 25.3. The summed E-state index contributed by atoms with van der Waals surface area (Å²) in [6.07, 6.45) is 3.76. The van der Waals surface area contributed by atoms with Crippen LogP contribution in [0.4, 0.5) is 22.0 Å². The summed E-state index contributed by atoms with van der Waals surface area (Å²) < 4.78 is 95.4. The number of nitrogens with zero attached hydrogens (tertiary/aromatic N) is 1. The lowest BCUT2D eigenvalue weighted by Gasteiger charge is -2.47. The van der Waals surface area contributed by atoms with E-state index in [0.717, 1.165) is 4.90 Å². The van der Waals surface area contributed by atoms with Crippen molar-refractivity contribution in [2.45, 2.75) is 95.8 Å². The summed E-state index contributed by atoms with van der Waals surface area (Å²) in [4.78, 5) is 52.5. The van der Waals surface area contributed by atoms with Crippen LogP contribution >= 0.6 is 0 Å². The van der Waals surface area contributed by atoms with Crippen LogP contribution < -0.4 is 16.0 Å². The number of carbonyl (C=O) groups excluding carboxylic acids is 4. The van der Waals surface area contributed by atoms with Crippen molar-refractivity contribution in [1.82, 2.24) is 20.9 Å². The van der Waals surface area contributed by atoms with Crippen LogP contribution in [0.5, 0.6) is 0 Å². The van der Waals surface area contributed by atoms with Crippen molar-refractivity contribution in [1.29, 1.82) is 0 Å². The highest BCUT2D eigenvalue weighted by Crippen LogP contribution is 2.38. The molecule has 1 unspecified atom stereocenters. The fraction of sp³-hybridized carbons (Fsp3) is 0.704. The van der Waals surface area contributed by atoms with Crippen LogP contribution in [0.3, 0.4) is 0 Å². The molecule has 0 bridgehead atoms. The predicted octanol–water partition coefficient (Wildman–Crippen LogP) is 2.06. The summed E-state index contributed by atoms with van der Waals surface area (Å²) in [6, 6.07) is -6.66. The van der Waals surface area contributed by atoms with E-state index in [4.69, 9.17) is 6.42 Å². The quantitative estimate of drug-likeness (QED) is 0.247. The van der Waals surface area contributed by atoms with E-state index >= 15 is 0 Å². The number of hydrogen-bond donors (Lipinski definition) is 3. The normalized spacial score (nSPS) is 24.4. The van der Waals surface area contributed by atoms with E-state index in [1.54, 1.807) is 0 Å². The van der Waals surface area contributed by atoms with Gasteiger partial charge < -0.3 is 20.9 Å². The Balaban J connectivity index is 2.57. The number of carbonyl (C=O) groups is 4. The maximum atomic E-state index is 14.9. The molecule has 0 radical (unpaired) electrons. The lowest BCUT2D eigenvalue weighted by atomic mass is 9.82. The second kappa shape index (κ2) is 13.2. The Hall–Kier alpha value is -3.22. The van der Waals surface area contributed by atoms with E-state index < -0.39 is 105 Å². The largest absolute Gasteiger partial charge is 0.356 e. The molecule has 0 aromatic rings. The molecule has 0 aromatic carbocycles. The van der Waals surface area contributed by atoms with Crippen LogP contribution in [-0.4, -0.2) is 85.8 Å². The average molecular weight is 641 g/mol. The molecule has 2 heterocycles. The summed E-state index contributed by atoms with van der Waals surface area (Å²) in [5, 5.41) is 5.13. The maximum Gasteiger partial charge on any atom is 0.321 e. The second-order valence-electron chi connectivity index (χ2n) is 12.1. The molecule has 16 heteroatoms. The van der Waals surface area contributed by atoms with Gasteiger partial charge in [0.25, 0.3) is 11.8 Å². The maximum absolute atomic E-state index is 14.9. The van der Waals surface area contributed by atoms with Gasteiger partial charge in [0.05, 0.1) is 6.04 Å². The highest BCUT2D eigenvalue weighted by Gasteiger charge is 2.53. The third-order valence-corrected chi connectivity index (χ3v) is 8.01. The summed E-state index contributed by atoms with van der Waals surface area (Å²) >= 11 is 0. The lowest BCUT2D eigenvalue weighted by molar-refractivity contribution is -0.165. The molecule has 3 N–H and O–H groups in total. The van der Waals surface area contributed by atoms with Crippen molar-refractivity contribution >= 4 is 33.5 Å². The third kappa shape index (κ3) is 9.64. The van der Waals surface area contributed by atoms with Gasteiger partial charge in [-0.05, 0) is 24.3 Å². The molecule has 2 rings (SSSR count). The fourth-order valence-corrected chi connectivity index (χ4v) is 5.39. The van der Waals surface area contributed by atoms with E-state index in [1.807, 2.05) is 5.32 Å². The molecule has 10 nitrogen and oxygen atoms in total. The van der Waals surface area contributed by atoms with Crippen LogP contribution in [0, 0.1) is 23.7 Å². The van der Waals surface area contributed by atoms with Crippen LogP contribution in [0.25, 0.3) is 0 Å². The van der Waals surface area contributed by atoms with E-state index in [2.05, 4.69) is 16.6 Å². The number of likely N-dealkylation sites (tertiary alicyclic amines) is 1. The number of amides is 4. The summed E-state index contributed by atoms with van der Waals surface area (Å²) in [7, 11) is -4.38. The van der Waals surface area contributed by atoms with Gasteiger partial charge in [0, 0.05) is 50.9 Å². The Morgan fingerprint density at radius 3 is 2.26 bits per heavy atom. The first-order chi connectivity index (χ1) is 19.5. The number of alkyl halides is 4. The van der Waals surface area contributed by atoms with Gasteiger partial charge in [0.1, 0.15) is 12.1 Å². The van der Waals surface area contributed by atoms with E-state index in [-0.39, 0.29) is 19.4 Å². The highest BCUT2D eigenvalue weighted by atomic mass is 32.2. The standard InChI is InChI=1S/C27H37F5N4O6S/c1-7-8-17-13-27(31,32)14-18(36(17)23(39)20(25(2,3)4)35-24(40)26(5,29)30)22(38)34-16(12-19(28)43(6,41)42)11-15-9-10-33-21(15)37/h1,12,15-18,20H,8-11,13-14H2,2-6H3,(H,33,37)(H,34,38)(H,35,40)/b19-12+/t15-,16-,17-,18-,20?/m0/s1. The van der Waals surface area contributed by atoms with Crippen molar-refractivity contribution in [3.63, 3.8) is 0 Å². The van der Waals surface area contributed by atoms with Gasteiger partial charge in [-0.1, -0.05) is 20.8 Å². The molecule has 0 saturated carbocycles. The van der Waals surface area contributed by atoms with Gasteiger partial charge in [-0.2, -0.15) is 13.2 Å². The summed E-state index contributed by atoms with van der Waals surface area (Å²) in [5.74, 6) is -10.7. The predicted molar refractivity (Wildman–Crippen MR) is 146 cm³/mol. The molecule has 5 atom stereocenters. The SMILES string of the molecule is C#CC[C@H]1CC(F)(F)C[C@@H](C(=O)N[C@H](/C=C(\F)S(C)(=O)=O)C[C@@H]2CCNC2=O)N1C(=O)C(NC(=O)C(C)(F)F)C(C)(C)C. The molecule has 0 aliphatic carbocycles. The zero-order chi connectivity index (χ0) is 33.1.